The van der Waals surface area contributed by atoms with Crippen LogP contribution < -0.4 is 4.90 Å². The van der Waals surface area contributed by atoms with E-state index in [1.807, 2.05) is 0 Å². The Balaban J connectivity index is 2.26. The van der Waals surface area contributed by atoms with Gasteiger partial charge in [-0.15, -0.1) is 0 Å². The zero-order valence-corrected chi connectivity index (χ0v) is 15.5. The van der Waals surface area contributed by atoms with Crippen LogP contribution in [0.15, 0.2) is 24.3 Å². The minimum absolute atomic E-state index is 0.0286. The Bertz CT molecular complexity index is 771. The summed E-state index contributed by atoms with van der Waals surface area (Å²) >= 11 is 0. The van der Waals surface area contributed by atoms with Gasteiger partial charge in [0.25, 0.3) is 0 Å². The number of hydrogen-bond donors (Lipinski definition) is 1. The third-order valence-corrected chi connectivity index (χ3v) is 4.23. The molecular formula is C19H22N2O6. The molecule has 0 unspecified atom stereocenters. The molecule has 1 aromatic carbocycles. The molecule has 1 fully saturated rings. The van der Waals surface area contributed by atoms with E-state index < -0.39 is 35.6 Å². The van der Waals surface area contributed by atoms with Crippen LogP contribution in [0.1, 0.15) is 37.6 Å². The smallest absolute Gasteiger partial charge is 0.338 e. The van der Waals surface area contributed by atoms with Crippen LogP contribution in [0.4, 0.5) is 5.69 Å². The van der Waals surface area contributed by atoms with Crippen molar-refractivity contribution in [3.63, 3.8) is 0 Å². The van der Waals surface area contributed by atoms with Gasteiger partial charge in [-0.25, -0.2) is 4.79 Å². The zero-order valence-electron chi connectivity index (χ0n) is 15.5. The number of rotatable bonds is 7. The van der Waals surface area contributed by atoms with E-state index in [-0.39, 0.29) is 25.3 Å². The second-order valence-electron chi connectivity index (χ2n) is 6.06. The van der Waals surface area contributed by atoms with Gasteiger partial charge in [-0.1, -0.05) is 0 Å². The van der Waals surface area contributed by atoms with Crippen molar-refractivity contribution in [3.8, 4) is 0 Å². The molecule has 0 aromatic heterocycles. The molecule has 2 rings (SSSR count). The molecule has 0 bridgehead atoms. The van der Waals surface area contributed by atoms with E-state index in [0.717, 1.165) is 4.90 Å². The normalized spacial score (nSPS) is 17.6. The van der Waals surface area contributed by atoms with Gasteiger partial charge in [0.1, 0.15) is 5.92 Å². The SMILES string of the molecule is CCOC(=O)c1ccc(N2C(=O)C[C@H]([C@H](C(C)=N)C(=O)OCC)C2=O)cc1. The standard InChI is InChI=1S/C19H22N2O6/c1-4-26-18(24)12-6-8-13(9-7-12)21-15(22)10-14(17(21)23)16(11(3)20)19(25)27-5-2/h6-9,14,16,20H,4-5,10H2,1-3H3/t14-,16+/m1/s1. The number of esters is 2. The highest BCUT2D eigenvalue weighted by atomic mass is 16.5. The second-order valence-corrected chi connectivity index (χ2v) is 6.06. The fourth-order valence-corrected chi connectivity index (χ4v) is 3.02. The Kier molecular flexibility index (Phi) is 6.44. The van der Waals surface area contributed by atoms with Gasteiger partial charge in [0.2, 0.25) is 11.8 Å². The Morgan fingerprint density at radius 3 is 2.26 bits per heavy atom. The summed E-state index contributed by atoms with van der Waals surface area (Å²) < 4.78 is 9.85. The maximum absolute atomic E-state index is 12.8. The molecule has 1 N–H and O–H groups in total. The molecule has 0 spiro atoms. The predicted molar refractivity (Wildman–Crippen MR) is 96.5 cm³/mol. The average molecular weight is 374 g/mol. The molecule has 8 heteroatoms. The highest BCUT2D eigenvalue weighted by Crippen LogP contribution is 2.32. The highest BCUT2D eigenvalue weighted by molar-refractivity contribution is 6.23. The highest BCUT2D eigenvalue weighted by Gasteiger charge is 2.47. The van der Waals surface area contributed by atoms with Gasteiger partial charge in [-0.2, -0.15) is 0 Å². The van der Waals surface area contributed by atoms with Gasteiger partial charge in [0.05, 0.1) is 30.4 Å². The lowest BCUT2D eigenvalue weighted by Crippen LogP contribution is -2.37. The summed E-state index contributed by atoms with van der Waals surface area (Å²) in [6.45, 7) is 5.10. The Labute approximate surface area is 156 Å². The number of ether oxygens (including phenoxy) is 2. The Morgan fingerprint density at radius 2 is 1.74 bits per heavy atom. The molecule has 1 heterocycles. The molecular weight excluding hydrogens is 352 g/mol. The number of nitrogens with zero attached hydrogens (tertiary/aromatic N) is 1. The number of hydrogen-bond acceptors (Lipinski definition) is 7. The summed E-state index contributed by atoms with van der Waals surface area (Å²) in [6, 6.07) is 5.87. The van der Waals surface area contributed by atoms with E-state index in [2.05, 4.69) is 0 Å². The van der Waals surface area contributed by atoms with Gasteiger partial charge in [-0.3, -0.25) is 19.3 Å². The van der Waals surface area contributed by atoms with Crippen LogP contribution in [0.5, 0.6) is 0 Å². The maximum atomic E-state index is 12.8. The molecule has 8 nitrogen and oxygen atoms in total. The summed E-state index contributed by atoms with van der Waals surface area (Å²) in [5, 5.41) is 7.83. The topological polar surface area (TPSA) is 114 Å². The molecule has 144 valence electrons. The van der Waals surface area contributed by atoms with Crippen LogP contribution in [0.3, 0.4) is 0 Å². The number of imide groups is 1. The zero-order chi connectivity index (χ0) is 20.1. The van der Waals surface area contributed by atoms with Gasteiger partial charge in [0, 0.05) is 12.1 Å². The first-order valence-electron chi connectivity index (χ1n) is 8.67. The third-order valence-electron chi connectivity index (χ3n) is 4.23. The third kappa shape index (κ3) is 4.21. The number of carbonyl (C=O) groups excluding carboxylic acids is 4. The molecule has 1 saturated heterocycles. The summed E-state index contributed by atoms with van der Waals surface area (Å²) in [7, 11) is 0. The van der Waals surface area contributed by atoms with E-state index in [9.17, 15) is 19.2 Å². The molecule has 0 radical (unpaired) electrons. The minimum Gasteiger partial charge on any atom is -0.465 e. The van der Waals surface area contributed by atoms with Crippen LogP contribution in [0.25, 0.3) is 0 Å². The van der Waals surface area contributed by atoms with E-state index in [0.29, 0.717) is 11.3 Å². The van der Waals surface area contributed by atoms with Gasteiger partial charge >= 0.3 is 11.9 Å². The predicted octanol–water partition coefficient (Wildman–Crippen LogP) is 1.96. The molecule has 2 amide bonds. The molecule has 1 aliphatic heterocycles. The van der Waals surface area contributed by atoms with Gasteiger partial charge in [-0.05, 0) is 45.0 Å². The molecule has 27 heavy (non-hydrogen) atoms. The first-order chi connectivity index (χ1) is 12.8. The van der Waals surface area contributed by atoms with Crippen molar-refractivity contribution >= 4 is 35.2 Å². The fraction of sp³-hybridized carbons (Fsp3) is 0.421. The van der Waals surface area contributed by atoms with Crippen LogP contribution in [0.2, 0.25) is 0 Å². The monoisotopic (exact) mass is 374 g/mol. The van der Waals surface area contributed by atoms with Crippen molar-refractivity contribution in [2.45, 2.75) is 27.2 Å². The maximum Gasteiger partial charge on any atom is 0.338 e. The number of carbonyl (C=O) groups is 4. The minimum atomic E-state index is -1.09. The molecule has 2 atom stereocenters. The van der Waals surface area contributed by atoms with Crippen LogP contribution >= 0.6 is 0 Å². The summed E-state index contributed by atoms with van der Waals surface area (Å²) in [5.74, 6) is -4.28. The summed E-state index contributed by atoms with van der Waals surface area (Å²) in [5.41, 5.74) is 0.570. The van der Waals surface area contributed by atoms with E-state index in [1.165, 1.54) is 31.2 Å². The Hall–Kier alpha value is -3.03. The lowest BCUT2D eigenvalue weighted by atomic mass is 9.87. The van der Waals surface area contributed by atoms with Crippen molar-refractivity contribution in [1.82, 2.24) is 0 Å². The first kappa shape index (κ1) is 20.3. The van der Waals surface area contributed by atoms with Crippen LogP contribution in [0, 0.1) is 17.2 Å². The molecule has 0 aliphatic carbocycles. The van der Waals surface area contributed by atoms with Crippen LogP contribution in [-0.4, -0.2) is 42.7 Å². The number of benzene rings is 1. The first-order valence-corrected chi connectivity index (χ1v) is 8.67. The van der Waals surface area contributed by atoms with Crippen molar-refractivity contribution < 1.29 is 28.7 Å². The number of amides is 2. The molecule has 1 aromatic rings. The summed E-state index contributed by atoms with van der Waals surface area (Å²) in [6.07, 6.45) is -0.182. The quantitative estimate of drug-likeness (QED) is 0.443. The molecule has 0 saturated carbocycles. The largest absolute Gasteiger partial charge is 0.465 e. The van der Waals surface area contributed by atoms with Crippen molar-refractivity contribution in [2.24, 2.45) is 11.8 Å². The van der Waals surface area contributed by atoms with Crippen LogP contribution in [-0.2, 0) is 23.9 Å². The van der Waals surface area contributed by atoms with Crippen molar-refractivity contribution in [1.29, 1.82) is 5.41 Å². The lowest BCUT2D eigenvalue weighted by molar-refractivity contribution is -0.148. The number of nitrogens with one attached hydrogen (secondary N) is 1. The Morgan fingerprint density at radius 1 is 1.15 bits per heavy atom. The van der Waals surface area contributed by atoms with E-state index >= 15 is 0 Å². The van der Waals surface area contributed by atoms with E-state index in [4.69, 9.17) is 14.9 Å². The van der Waals surface area contributed by atoms with Gasteiger partial charge < -0.3 is 14.9 Å². The summed E-state index contributed by atoms with van der Waals surface area (Å²) in [4.78, 5) is 50.1. The lowest BCUT2D eigenvalue weighted by Gasteiger charge is -2.20. The number of anilines is 1. The second kappa shape index (κ2) is 8.57. The van der Waals surface area contributed by atoms with Crippen molar-refractivity contribution in [3.05, 3.63) is 29.8 Å². The van der Waals surface area contributed by atoms with E-state index in [1.54, 1.807) is 13.8 Å². The fourth-order valence-electron chi connectivity index (χ4n) is 3.02. The molecule has 1 aliphatic rings. The van der Waals surface area contributed by atoms with Gasteiger partial charge in [0.15, 0.2) is 0 Å². The average Bonchev–Trinajstić information content (AvgIpc) is 2.89. The van der Waals surface area contributed by atoms with Crippen molar-refractivity contribution in [2.75, 3.05) is 18.1 Å².